The Morgan fingerprint density at radius 2 is 1.95 bits per heavy atom. The summed E-state index contributed by atoms with van der Waals surface area (Å²) in [6.45, 7) is 2.39. The summed E-state index contributed by atoms with van der Waals surface area (Å²) in [6, 6.07) is 5.12. The van der Waals surface area contributed by atoms with E-state index in [4.69, 9.17) is 0 Å². The molecule has 1 aromatic carbocycles. The van der Waals surface area contributed by atoms with Crippen LogP contribution >= 0.6 is 12.6 Å². The molecule has 0 bridgehead atoms. The molecule has 20 heavy (non-hydrogen) atoms. The van der Waals surface area contributed by atoms with Crippen LogP contribution in [0.4, 0.5) is 15.8 Å². The molecule has 2 heterocycles. The summed E-state index contributed by atoms with van der Waals surface area (Å²) >= 11 is 4.33. The van der Waals surface area contributed by atoms with Gasteiger partial charge in [0.15, 0.2) is 0 Å². The smallest absolute Gasteiger partial charge is 0.228 e. The minimum absolute atomic E-state index is 0.0233. The standard InChI is InChI=1S/C15H19FN2OS/c16-13-8-11(18-10-12(20)9-15(18)19)4-5-14(13)17-6-2-1-3-7-17/h4-5,8,12,20H,1-3,6-7,9-10H2. The van der Waals surface area contributed by atoms with Crippen molar-refractivity contribution >= 4 is 29.9 Å². The van der Waals surface area contributed by atoms with E-state index in [1.54, 1.807) is 11.0 Å². The number of halogens is 1. The molecule has 108 valence electrons. The Morgan fingerprint density at radius 3 is 2.55 bits per heavy atom. The van der Waals surface area contributed by atoms with E-state index in [2.05, 4.69) is 17.5 Å². The molecule has 2 fully saturated rings. The first kappa shape index (κ1) is 13.7. The molecule has 2 saturated heterocycles. The largest absolute Gasteiger partial charge is 0.369 e. The van der Waals surface area contributed by atoms with Crippen molar-refractivity contribution in [2.45, 2.75) is 30.9 Å². The number of anilines is 2. The Hall–Kier alpha value is -1.23. The van der Waals surface area contributed by atoms with Gasteiger partial charge in [0.1, 0.15) is 5.82 Å². The first-order chi connectivity index (χ1) is 9.65. The number of carbonyl (C=O) groups excluding carboxylic acids is 1. The van der Waals surface area contributed by atoms with Crippen LogP contribution in [0.2, 0.25) is 0 Å². The summed E-state index contributed by atoms with van der Waals surface area (Å²) in [7, 11) is 0. The zero-order chi connectivity index (χ0) is 14.1. The number of thiol groups is 1. The van der Waals surface area contributed by atoms with Crippen molar-refractivity contribution in [2.24, 2.45) is 0 Å². The van der Waals surface area contributed by atoms with Crippen LogP contribution in [0.5, 0.6) is 0 Å². The first-order valence-corrected chi connectivity index (χ1v) is 7.70. The normalized spacial score (nSPS) is 23.5. The number of piperidine rings is 1. The van der Waals surface area contributed by atoms with E-state index in [1.165, 1.54) is 12.5 Å². The van der Waals surface area contributed by atoms with Gasteiger partial charge in [-0.1, -0.05) is 0 Å². The van der Waals surface area contributed by atoms with Crippen molar-refractivity contribution in [3.8, 4) is 0 Å². The quantitative estimate of drug-likeness (QED) is 0.848. The van der Waals surface area contributed by atoms with Gasteiger partial charge in [0.25, 0.3) is 0 Å². The van der Waals surface area contributed by atoms with Crippen molar-refractivity contribution in [3.63, 3.8) is 0 Å². The molecular formula is C15H19FN2OS. The number of benzene rings is 1. The number of hydrogen-bond donors (Lipinski definition) is 1. The van der Waals surface area contributed by atoms with Gasteiger partial charge in [-0.3, -0.25) is 4.79 Å². The molecule has 2 aliphatic heterocycles. The van der Waals surface area contributed by atoms with Crippen LogP contribution in [0.25, 0.3) is 0 Å². The third kappa shape index (κ3) is 2.64. The number of amides is 1. The molecular weight excluding hydrogens is 275 g/mol. The van der Waals surface area contributed by atoms with Gasteiger partial charge < -0.3 is 9.80 Å². The van der Waals surface area contributed by atoms with Crippen molar-refractivity contribution in [1.29, 1.82) is 0 Å². The zero-order valence-electron chi connectivity index (χ0n) is 11.4. The summed E-state index contributed by atoms with van der Waals surface area (Å²) in [6.07, 6.45) is 3.89. The van der Waals surface area contributed by atoms with Crippen molar-refractivity contribution in [3.05, 3.63) is 24.0 Å². The third-order valence-corrected chi connectivity index (χ3v) is 4.39. The number of hydrogen-bond acceptors (Lipinski definition) is 3. The summed E-state index contributed by atoms with van der Waals surface area (Å²) in [5.74, 6) is -0.213. The van der Waals surface area contributed by atoms with Crippen LogP contribution in [0.3, 0.4) is 0 Å². The summed E-state index contributed by atoms with van der Waals surface area (Å²) in [5.41, 5.74) is 1.30. The Bertz CT molecular complexity index is 517. The average Bonchev–Trinajstić information content (AvgIpc) is 2.78. The Balaban J connectivity index is 1.82. The monoisotopic (exact) mass is 294 g/mol. The average molecular weight is 294 g/mol. The molecule has 1 aromatic rings. The van der Waals surface area contributed by atoms with Crippen molar-refractivity contribution in [1.82, 2.24) is 0 Å². The van der Waals surface area contributed by atoms with Crippen molar-refractivity contribution < 1.29 is 9.18 Å². The second-order valence-corrected chi connectivity index (χ2v) is 6.28. The molecule has 0 saturated carbocycles. The maximum absolute atomic E-state index is 14.3. The van der Waals surface area contributed by atoms with Gasteiger partial charge in [-0.15, -0.1) is 0 Å². The number of nitrogens with zero attached hydrogens (tertiary/aromatic N) is 2. The van der Waals surface area contributed by atoms with Gasteiger partial charge in [-0.2, -0.15) is 12.6 Å². The van der Waals surface area contributed by atoms with Gasteiger partial charge in [0, 0.05) is 37.0 Å². The fourth-order valence-corrected chi connectivity index (χ4v) is 3.31. The third-order valence-electron chi connectivity index (χ3n) is 4.04. The van der Waals surface area contributed by atoms with Gasteiger partial charge in [0.05, 0.1) is 5.69 Å². The van der Waals surface area contributed by atoms with Crippen molar-refractivity contribution in [2.75, 3.05) is 29.4 Å². The molecule has 3 rings (SSSR count). The fourth-order valence-electron chi connectivity index (χ4n) is 2.99. The van der Waals surface area contributed by atoms with E-state index in [-0.39, 0.29) is 17.0 Å². The summed E-state index contributed by atoms with van der Waals surface area (Å²) < 4.78 is 14.3. The number of rotatable bonds is 2. The minimum atomic E-state index is -0.236. The van der Waals surface area contributed by atoms with Gasteiger partial charge in [-0.05, 0) is 37.5 Å². The predicted octanol–water partition coefficient (Wildman–Crippen LogP) is 2.85. The van der Waals surface area contributed by atoms with E-state index in [9.17, 15) is 9.18 Å². The van der Waals surface area contributed by atoms with Gasteiger partial charge in [0.2, 0.25) is 5.91 Å². The maximum atomic E-state index is 14.3. The highest BCUT2D eigenvalue weighted by Crippen LogP contribution is 2.30. The van der Waals surface area contributed by atoms with E-state index >= 15 is 0 Å². The molecule has 1 amide bonds. The van der Waals surface area contributed by atoms with Gasteiger partial charge in [-0.25, -0.2) is 4.39 Å². The van der Waals surface area contributed by atoms with E-state index < -0.39 is 0 Å². The molecule has 0 N–H and O–H groups in total. The molecule has 0 aromatic heterocycles. The molecule has 0 radical (unpaired) electrons. The first-order valence-electron chi connectivity index (χ1n) is 7.18. The topological polar surface area (TPSA) is 23.6 Å². The Kier molecular flexibility index (Phi) is 3.87. The molecule has 0 aliphatic carbocycles. The van der Waals surface area contributed by atoms with Crippen LogP contribution in [-0.2, 0) is 4.79 Å². The number of carbonyl (C=O) groups is 1. The highest BCUT2D eigenvalue weighted by atomic mass is 32.1. The molecule has 0 spiro atoms. The van der Waals surface area contributed by atoms with Crippen LogP contribution < -0.4 is 9.80 Å². The minimum Gasteiger partial charge on any atom is -0.369 e. The Morgan fingerprint density at radius 1 is 1.20 bits per heavy atom. The van der Waals surface area contributed by atoms with Gasteiger partial charge >= 0.3 is 0 Å². The highest BCUT2D eigenvalue weighted by molar-refractivity contribution is 7.81. The second-order valence-electron chi connectivity index (χ2n) is 5.55. The van der Waals surface area contributed by atoms with Crippen LogP contribution in [-0.4, -0.2) is 30.8 Å². The van der Waals surface area contributed by atoms with E-state index in [0.717, 1.165) is 25.9 Å². The summed E-state index contributed by atoms with van der Waals surface area (Å²) in [5, 5.41) is 0.0485. The van der Waals surface area contributed by atoms with Crippen LogP contribution in [0, 0.1) is 5.82 Å². The lowest BCUT2D eigenvalue weighted by atomic mass is 10.1. The van der Waals surface area contributed by atoms with Crippen LogP contribution in [0.1, 0.15) is 25.7 Å². The maximum Gasteiger partial charge on any atom is 0.228 e. The highest BCUT2D eigenvalue weighted by Gasteiger charge is 2.29. The molecule has 1 unspecified atom stereocenters. The lowest BCUT2D eigenvalue weighted by molar-refractivity contribution is -0.117. The Labute approximate surface area is 124 Å². The van der Waals surface area contributed by atoms with Crippen LogP contribution in [0.15, 0.2) is 18.2 Å². The lowest BCUT2D eigenvalue weighted by Gasteiger charge is -2.29. The second kappa shape index (κ2) is 5.64. The summed E-state index contributed by atoms with van der Waals surface area (Å²) in [4.78, 5) is 15.5. The zero-order valence-corrected chi connectivity index (χ0v) is 12.3. The lowest BCUT2D eigenvalue weighted by Crippen LogP contribution is -2.30. The van der Waals surface area contributed by atoms with E-state index in [0.29, 0.717) is 24.3 Å². The predicted molar refractivity (Wildman–Crippen MR) is 82.2 cm³/mol. The molecule has 3 nitrogen and oxygen atoms in total. The molecule has 2 aliphatic rings. The SMILES string of the molecule is O=C1CC(S)CN1c1ccc(N2CCCCC2)c(F)c1. The van der Waals surface area contributed by atoms with E-state index in [1.807, 2.05) is 6.07 Å². The molecule has 1 atom stereocenters. The fraction of sp³-hybridized carbons (Fsp3) is 0.533. The molecule has 5 heteroatoms.